The standard InChI is InChI=1S/C12H12N2O3/c1-7(2)17-11-8-5-3-4-6-9(8)13-14-10(11)12(15)16/h3-7H,1-2H3,(H,15,16). The van der Waals surface area contributed by atoms with Crippen molar-refractivity contribution in [3.63, 3.8) is 0 Å². The van der Waals surface area contributed by atoms with Crippen LogP contribution in [0.5, 0.6) is 5.75 Å². The van der Waals surface area contributed by atoms with Crippen LogP contribution >= 0.6 is 0 Å². The maximum atomic E-state index is 11.1. The monoisotopic (exact) mass is 232 g/mol. The average Bonchev–Trinajstić information content (AvgIpc) is 2.28. The molecule has 0 radical (unpaired) electrons. The second kappa shape index (κ2) is 4.37. The molecule has 0 aliphatic carbocycles. The number of hydrogen-bond acceptors (Lipinski definition) is 4. The Kier molecular flexibility index (Phi) is 2.91. The fraction of sp³-hybridized carbons (Fsp3) is 0.250. The summed E-state index contributed by atoms with van der Waals surface area (Å²) in [4.78, 5) is 11.1. The van der Waals surface area contributed by atoms with Crippen molar-refractivity contribution < 1.29 is 14.6 Å². The van der Waals surface area contributed by atoms with Gasteiger partial charge in [0.05, 0.1) is 11.6 Å². The summed E-state index contributed by atoms with van der Waals surface area (Å²) in [6, 6.07) is 7.16. The van der Waals surface area contributed by atoms with Crippen molar-refractivity contribution >= 4 is 16.9 Å². The van der Waals surface area contributed by atoms with Crippen LogP contribution in [-0.4, -0.2) is 27.4 Å². The lowest BCUT2D eigenvalue weighted by molar-refractivity contribution is 0.0682. The lowest BCUT2D eigenvalue weighted by atomic mass is 10.2. The molecular formula is C12H12N2O3. The van der Waals surface area contributed by atoms with E-state index in [2.05, 4.69) is 10.2 Å². The van der Waals surface area contributed by atoms with Gasteiger partial charge in [0.15, 0.2) is 5.75 Å². The van der Waals surface area contributed by atoms with Gasteiger partial charge in [-0.25, -0.2) is 4.79 Å². The smallest absolute Gasteiger partial charge is 0.360 e. The number of carboxylic acids is 1. The average molecular weight is 232 g/mol. The topological polar surface area (TPSA) is 72.3 Å². The third-order valence-corrected chi connectivity index (χ3v) is 2.18. The number of carbonyl (C=O) groups is 1. The molecule has 0 spiro atoms. The third kappa shape index (κ3) is 2.18. The molecule has 5 heteroatoms. The van der Waals surface area contributed by atoms with E-state index >= 15 is 0 Å². The van der Waals surface area contributed by atoms with Gasteiger partial charge in [-0.15, -0.1) is 10.2 Å². The van der Waals surface area contributed by atoms with Crippen LogP contribution in [0.3, 0.4) is 0 Å². The van der Waals surface area contributed by atoms with Crippen LogP contribution in [0.15, 0.2) is 24.3 Å². The number of hydrogen-bond donors (Lipinski definition) is 1. The molecule has 0 atom stereocenters. The molecule has 0 saturated heterocycles. The van der Waals surface area contributed by atoms with Gasteiger partial charge >= 0.3 is 5.97 Å². The van der Waals surface area contributed by atoms with Gasteiger partial charge in [-0.05, 0) is 26.0 Å². The number of benzene rings is 1. The minimum atomic E-state index is -1.14. The summed E-state index contributed by atoms with van der Waals surface area (Å²) in [5.74, 6) is -0.864. The minimum absolute atomic E-state index is 0.124. The van der Waals surface area contributed by atoms with Crippen LogP contribution in [0.25, 0.3) is 10.9 Å². The Bertz CT molecular complexity index is 567. The fourth-order valence-electron chi connectivity index (χ4n) is 1.52. The predicted molar refractivity (Wildman–Crippen MR) is 62.3 cm³/mol. The van der Waals surface area contributed by atoms with Crippen LogP contribution in [-0.2, 0) is 0 Å². The number of nitrogens with zero attached hydrogens (tertiary/aromatic N) is 2. The first-order valence-electron chi connectivity index (χ1n) is 5.25. The molecule has 2 aromatic rings. The first-order valence-corrected chi connectivity index (χ1v) is 5.25. The van der Waals surface area contributed by atoms with Gasteiger partial charge in [0.25, 0.3) is 0 Å². The molecule has 88 valence electrons. The van der Waals surface area contributed by atoms with E-state index < -0.39 is 5.97 Å². The summed E-state index contributed by atoms with van der Waals surface area (Å²) in [5, 5.41) is 17.3. The van der Waals surface area contributed by atoms with Crippen LogP contribution in [0, 0.1) is 0 Å². The molecule has 1 aromatic carbocycles. The van der Waals surface area contributed by atoms with Crippen molar-refractivity contribution in [2.45, 2.75) is 20.0 Å². The summed E-state index contributed by atoms with van der Waals surface area (Å²) in [6.45, 7) is 3.67. The molecule has 0 saturated carbocycles. The molecule has 1 aromatic heterocycles. The predicted octanol–water partition coefficient (Wildman–Crippen LogP) is 2.12. The van der Waals surface area contributed by atoms with Crippen LogP contribution in [0.4, 0.5) is 0 Å². The lowest BCUT2D eigenvalue weighted by Crippen LogP contribution is -2.12. The molecule has 0 fully saturated rings. The van der Waals surface area contributed by atoms with Gasteiger partial charge in [0.1, 0.15) is 0 Å². The first-order chi connectivity index (χ1) is 8.09. The van der Waals surface area contributed by atoms with Crippen molar-refractivity contribution in [2.75, 3.05) is 0 Å². The van der Waals surface area contributed by atoms with Crippen molar-refractivity contribution in [3.05, 3.63) is 30.0 Å². The Labute approximate surface area is 98.0 Å². The summed E-state index contributed by atoms with van der Waals surface area (Å²) in [6.07, 6.45) is -0.124. The Morgan fingerprint density at radius 2 is 2.00 bits per heavy atom. The molecule has 5 nitrogen and oxygen atoms in total. The number of fused-ring (bicyclic) bond motifs is 1. The molecule has 0 amide bonds. The van der Waals surface area contributed by atoms with Crippen molar-refractivity contribution in [1.82, 2.24) is 10.2 Å². The molecule has 0 unspecified atom stereocenters. The zero-order valence-corrected chi connectivity index (χ0v) is 9.54. The van der Waals surface area contributed by atoms with Gasteiger partial charge < -0.3 is 9.84 Å². The highest BCUT2D eigenvalue weighted by Gasteiger charge is 2.18. The van der Waals surface area contributed by atoms with Gasteiger partial charge in [0.2, 0.25) is 5.69 Å². The summed E-state index contributed by atoms with van der Waals surface area (Å²) in [5.41, 5.74) is 0.463. The van der Waals surface area contributed by atoms with Crippen LogP contribution in [0.2, 0.25) is 0 Å². The Balaban J connectivity index is 2.70. The van der Waals surface area contributed by atoms with Gasteiger partial charge in [-0.2, -0.15) is 0 Å². The normalized spacial score (nSPS) is 10.8. The fourth-order valence-corrected chi connectivity index (χ4v) is 1.52. The Morgan fingerprint density at radius 1 is 1.29 bits per heavy atom. The number of carboxylic acid groups (broad SMARTS) is 1. The van der Waals surface area contributed by atoms with E-state index in [-0.39, 0.29) is 17.5 Å². The van der Waals surface area contributed by atoms with E-state index in [1.54, 1.807) is 12.1 Å². The molecule has 0 bridgehead atoms. The Morgan fingerprint density at radius 3 is 2.65 bits per heavy atom. The molecule has 1 heterocycles. The zero-order chi connectivity index (χ0) is 12.4. The minimum Gasteiger partial charge on any atom is -0.488 e. The molecule has 0 aliphatic rings. The van der Waals surface area contributed by atoms with E-state index in [9.17, 15) is 4.79 Å². The van der Waals surface area contributed by atoms with E-state index in [4.69, 9.17) is 9.84 Å². The molecule has 0 aliphatic heterocycles. The number of aromatic carboxylic acids is 1. The van der Waals surface area contributed by atoms with Crippen LogP contribution in [0.1, 0.15) is 24.3 Å². The maximum absolute atomic E-state index is 11.1. The van der Waals surface area contributed by atoms with Crippen molar-refractivity contribution in [2.24, 2.45) is 0 Å². The van der Waals surface area contributed by atoms with E-state index in [0.717, 1.165) is 0 Å². The van der Waals surface area contributed by atoms with E-state index in [1.165, 1.54) is 0 Å². The van der Waals surface area contributed by atoms with Gasteiger partial charge in [-0.1, -0.05) is 12.1 Å². The Hall–Kier alpha value is -2.17. The SMILES string of the molecule is CC(C)Oc1c(C(=O)O)nnc2ccccc12. The number of aromatic nitrogens is 2. The van der Waals surface area contributed by atoms with Crippen molar-refractivity contribution in [1.29, 1.82) is 0 Å². The summed E-state index contributed by atoms with van der Waals surface area (Å²) in [7, 11) is 0. The second-order valence-corrected chi connectivity index (χ2v) is 3.87. The summed E-state index contributed by atoms with van der Waals surface area (Å²) >= 11 is 0. The van der Waals surface area contributed by atoms with E-state index in [0.29, 0.717) is 10.9 Å². The maximum Gasteiger partial charge on any atom is 0.360 e. The molecule has 1 N–H and O–H groups in total. The molecular weight excluding hydrogens is 220 g/mol. The second-order valence-electron chi connectivity index (χ2n) is 3.87. The quantitative estimate of drug-likeness (QED) is 0.877. The highest BCUT2D eigenvalue weighted by Crippen LogP contribution is 2.27. The summed E-state index contributed by atoms with van der Waals surface area (Å²) < 4.78 is 5.54. The zero-order valence-electron chi connectivity index (χ0n) is 9.54. The highest BCUT2D eigenvalue weighted by atomic mass is 16.5. The lowest BCUT2D eigenvalue weighted by Gasteiger charge is -2.13. The molecule has 2 rings (SSSR count). The van der Waals surface area contributed by atoms with E-state index in [1.807, 2.05) is 26.0 Å². The molecule has 17 heavy (non-hydrogen) atoms. The van der Waals surface area contributed by atoms with Crippen LogP contribution < -0.4 is 4.74 Å². The van der Waals surface area contributed by atoms with Crippen molar-refractivity contribution in [3.8, 4) is 5.75 Å². The first kappa shape index (κ1) is 11.3. The van der Waals surface area contributed by atoms with Gasteiger partial charge in [-0.3, -0.25) is 0 Å². The number of rotatable bonds is 3. The van der Waals surface area contributed by atoms with Gasteiger partial charge in [0, 0.05) is 5.39 Å². The third-order valence-electron chi connectivity index (χ3n) is 2.18. The number of ether oxygens (including phenoxy) is 1. The highest BCUT2D eigenvalue weighted by molar-refractivity contribution is 5.96. The largest absolute Gasteiger partial charge is 0.488 e.